The first kappa shape index (κ1) is 11.3. The largest absolute Gasteiger partial charge is 0.0654 e. The summed E-state index contributed by atoms with van der Waals surface area (Å²) in [5.74, 6) is 1.56. The fourth-order valence-electron chi connectivity index (χ4n) is 2.06. The Hall–Kier alpha value is -0.780. The first-order valence-corrected chi connectivity index (χ1v) is 5.79. The van der Waals surface area contributed by atoms with Gasteiger partial charge in [0, 0.05) is 0 Å². The van der Waals surface area contributed by atoms with Crippen molar-refractivity contribution < 1.29 is 0 Å². The maximum atomic E-state index is 2.31. The number of rotatable bonds is 5. The molecule has 0 heterocycles. The highest BCUT2D eigenvalue weighted by Crippen LogP contribution is 2.27. The molecular weight excluding hydrogens is 168 g/mol. The molecule has 0 saturated heterocycles. The lowest BCUT2D eigenvalue weighted by Gasteiger charge is -2.18. The van der Waals surface area contributed by atoms with Crippen LogP contribution in [-0.4, -0.2) is 0 Å². The van der Waals surface area contributed by atoms with E-state index in [0.29, 0.717) is 0 Å². The average molecular weight is 190 g/mol. The Kier molecular flexibility index (Phi) is 4.72. The Morgan fingerprint density at radius 3 is 2.21 bits per heavy atom. The van der Waals surface area contributed by atoms with Crippen molar-refractivity contribution in [1.29, 1.82) is 0 Å². The smallest absolute Gasteiger partial charge is 0.0160 e. The molecule has 1 aromatic carbocycles. The third kappa shape index (κ3) is 3.53. The van der Waals surface area contributed by atoms with E-state index in [1.165, 1.54) is 24.8 Å². The average Bonchev–Trinajstić information content (AvgIpc) is 2.18. The second-order valence-electron chi connectivity index (χ2n) is 4.53. The van der Waals surface area contributed by atoms with Crippen LogP contribution >= 0.6 is 0 Å². The van der Waals surface area contributed by atoms with E-state index in [4.69, 9.17) is 0 Å². The van der Waals surface area contributed by atoms with Crippen LogP contribution in [-0.2, 0) is 0 Å². The van der Waals surface area contributed by atoms with Crippen LogP contribution in [0, 0.1) is 5.92 Å². The molecule has 14 heavy (non-hydrogen) atoms. The van der Waals surface area contributed by atoms with Gasteiger partial charge in [-0.25, -0.2) is 0 Å². The van der Waals surface area contributed by atoms with Gasteiger partial charge in [-0.05, 0) is 30.2 Å². The minimum atomic E-state index is 0.765. The van der Waals surface area contributed by atoms with Crippen LogP contribution in [0.1, 0.15) is 51.5 Å². The lowest BCUT2D eigenvalue weighted by atomic mass is 9.87. The third-order valence-electron chi connectivity index (χ3n) is 2.66. The van der Waals surface area contributed by atoms with E-state index in [-0.39, 0.29) is 0 Å². The SMILES string of the molecule is CCC[C@H](CC(C)C)c1ccccc1. The summed E-state index contributed by atoms with van der Waals surface area (Å²) in [6.07, 6.45) is 3.92. The zero-order valence-electron chi connectivity index (χ0n) is 9.66. The van der Waals surface area contributed by atoms with Crippen LogP contribution in [0.15, 0.2) is 30.3 Å². The van der Waals surface area contributed by atoms with Crippen molar-refractivity contribution in [3.05, 3.63) is 35.9 Å². The Bertz CT molecular complexity index is 235. The van der Waals surface area contributed by atoms with Crippen LogP contribution in [0.25, 0.3) is 0 Å². The van der Waals surface area contributed by atoms with Gasteiger partial charge in [0.25, 0.3) is 0 Å². The van der Waals surface area contributed by atoms with Crippen LogP contribution in [0.2, 0.25) is 0 Å². The Labute approximate surface area is 88.4 Å². The summed E-state index contributed by atoms with van der Waals surface area (Å²) in [6.45, 7) is 6.90. The molecule has 0 amide bonds. The maximum absolute atomic E-state index is 2.31. The lowest BCUT2D eigenvalue weighted by Crippen LogP contribution is -2.02. The molecule has 0 aliphatic heterocycles. The number of hydrogen-bond donors (Lipinski definition) is 0. The predicted octanol–water partition coefficient (Wildman–Crippen LogP) is 4.62. The summed E-state index contributed by atoms with van der Waals surface area (Å²) in [6, 6.07) is 10.9. The van der Waals surface area contributed by atoms with Gasteiger partial charge in [0.1, 0.15) is 0 Å². The van der Waals surface area contributed by atoms with Crippen molar-refractivity contribution in [1.82, 2.24) is 0 Å². The Morgan fingerprint density at radius 1 is 1.07 bits per heavy atom. The minimum Gasteiger partial charge on any atom is -0.0654 e. The fourth-order valence-corrected chi connectivity index (χ4v) is 2.06. The van der Waals surface area contributed by atoms with Gasteiger partial charge in [-0.1, -0.05) is 57.5 Å². The van der Waals surface area contributed by atoms with Crippen molar-refractivity contribution in [3.63, 3.8) is 0 Å². The summed E-state index contributed by atoms with van der Waals surface area (Å²) < 4.78 is 0. The second kappa shape index (κ2) is 5.85. The van der Waals surface area contributed by atoms with Gasteiger partial charge in [0.15, 0.2) is 0 Å². The molecule has 0 aromatic heterocycles. The predicted molar refractivity (Wildman–Crippen MR) is 63.5 cm³/mol. The third-order valence-corrected chi connectivity index (χ3v) is 2.66. The van der Waals surface area contributed by atoms with Crippen molar-refractivity contribution in [2.45, 2.75) is 46.0 Å². The molecular formula is C14H22. The summed E-state index contributed by atoms with van der Waals surface area (Å²) in [7, 11) is 0. The fraction of sp³-hybridized carbons (Fsp3) is 0.571. The Morgan fingerprint density at radius 2 is 1.71 bits per heavy atom. The topological polar surface area (TPSA) is 0 Å². The quantitative estimate of drug-likeness (QED) is 0.635. The van der Waals surface area contributed by atoms with E-state index in [1.807, 2.05) is 0 Å². The molecule has 0 saturated carbocycles. The van der Waals surface area contributed by atoms with E-state index in [9.17, 15) is 0 Å². The molecule has 0 aliphatic rings. The van der Waals surface area contributed by atoms with E-state index >= 15 is 0 Å². The molecule has 0 heteroatoms. The normalized spacial score (nSPS) is 13.1. The van der Waals surface area contributed by atoms with E-state index in [0.717, 1.165) is 11.8 Å². The van der Waals surface area contributed by atoms with Crippen LogP contribution in [0.3, 0.4) is 0 Å². The summed E-state index contributed by atoms with van der Waals surface area (Å²) in [5, 5.41) is 0. The molecule has 0 N–H and O–H groups in total. The Balaban J connectivity index is 2.67. The summed E-state index contributed by atoms with van der Waals surface area (Å²) >= 11 is 0. The molecule has 78 valence electrons. The monoisotopic (exact) mass is 190 g/mol. The van der Waals surface area contributed by atoms with E-state index < -0.39 is 0 Å². The van der Waals surface area contributed by atoms with Gasteiger partial charge in [0.2, 0.25) is 0 Å². The van der Waals surface area contributed by atoms with Crippen molar-refractivity contribution >= 4 is 0 Å². The molecule has 0 nitrogen and oxygen atoms in total. The van der Waals surface area contributed by atoms with Gasteiger partial charge in [-0.3, -0.25) is 0 Å². The highest BCUT2D eigenvalue weighted by molar-refractivity contribution is 5.19. The van der Waals surface area contributed by atoms with Crippen molar-refractivity contribution in [2.24, 2.45) is 5.92 Å². The van der Waals surface area contributed by atoms with Gasteiger partial charge in [-0.15, -0.1) is 0 Å². The van der Waals surface area contributed by atoms with Gasteiger partial charge in [-0.2, -0.15) is 0 Å². The highest BCUT2D eigenvalue weighted by atomic mass is 14.2. The second-order valence-corrected chi connectivity index (χ2v) is 4.53. The highest BCUT2D eigenvalue weighted by Gasteiger charge is 2.11. The maximum Gasteiger partial charge on any atom is -0.0160 e. The molecule has 1 aromatic rings. The first-order chi connectivity index (χ1) is 6.74. The summed E-state index contributed by atoms with van der Waals surface area (Å²) in [5.41, 5.74) is 1.52. The summed E-state index contributed by atoms with van der Waals surface area (Å²) in [4.78, 5) is 0. The number of benzene rings is 1. The molecule has 0 unspecified atom stereocenters. The van der Waals surface area contributed by atoms with E-state index in [1.54, 1.807) is 0 Å². The molecule has 0 bridgehead atoms. The molecule has 1 atom stereocenters. The van der Waals surface area contributed by atoms with Gasteiger partial charge < -0.3 is 0 Å². The standard InChI is InChI=1S/C14H22/c1-4-8-14(11-12(2)3)13-9-6-5-7-10-13/h5-7,9-10,12,14H,4,8,11H2,1-3H3/t14-/m1/s1. The van der Waals surface area contributed by atoms with Gasteiger partial charge in [0.05, 0.1) is 0 Å². The molecule has 0 aliphatic carbocycles. The number of hydrogen-bond acceptors (Lipinski definition) is 0. The van der Waals surface area contributed by atoms with Crippen molar-refractivity contribution in [3.8, 4) is 0 Å². The van der Waals surface area contributed by atoms with Crippen LogP contribution < -0.4 is 0 Å². The molecule has 0 radical (unpaired) electrons. The molecule has 1 rings (SSSR count). The molecule has 0 spiro atoms. The molecule has 0 fully saturated rings. The zero-order chi connectivity index (χ0) is 10.4. The van der Waals surface area contributed by atoms with Crippen LogP contribution in [0.4, 0.5) is 0 Å². The first-order valence-electron chi connectivity index (χ1n) is 5.79. The van der Waals surface area contributed by atoms with Gasteiger partial charge >= 0.3 is 0 Å². The van der Waals surface area contributed by atoms with Crippen LogP contribution in [0.5, 0.6) is 0 Å². The van der Waals surface area contributed by atoms with Crippen molar-refractivity contribution in [2.75, 3.05) is 0 Å². The zero-order valence-corrected chi connectivity index (χ0v) is 9.66. The van der Waals surface area contributed by atoms with E-state index in [2.05, 4.69) is 51.1 Å². The lowest BCUT2D eigenvalue weighted by molar-refractivity contribution is 0.472. The minimum absolute atomic E-state index is 0.765.